The molecule has 0 heterocycles. The monoisotopic (exact) mass is 164 g/mol. The van der Waals surface area contributed by atoms with E-state index < -0.39 is 0 Å². The zero-order chi connectivity index (χ0) is 9.14. The standard InChI is InChI=1S/C9H12N2O/c1-6-7(2)9(11-12)5-4-8(6)10-3/h4-5,10H,1-3H3. The fourth-order valence-electron chi connectivity index (χ4n) is 1.18. The summed E-state index contributed by atoms with van der Waals surface area (Å²) in [5, 5.41) is 5.97. The summed E-state index contributed by atoms with van der Waals surface area (Å²) in [6.07, 6.45) is 0. The van der Waals surface area contributed by atoms with Crippen molar-refractivity contribution in [1.29, 1.82) is 0 Å². The first-order valence-corrected chi connectivity index (χ1v) is 3.82. The van der Waals surface area contributed by atoms with Gasteiger partial charge in [-0.1, -0.05) is 0 Å². The number of anilines is 1. The van der Waals surface area contributed by atoms with Crippen molar-refractivity contribution in [2.24, 2.45) is 5.18 Å². The Morgan fingerprint density at radius 3 is 2.42 bits per heavy atom. The number of nitrogens with one attached hydrogen (secondary N) is 1. The summed E-state index contributed by atoms with van der Waals surface area (Å²) < 4.78 is 0. The predicted octanol–water partition coefficient (Wildman–Crippen LogP) is 2.74. The maximum atomic E-state index is 10.3. The van der Waals surface area contributed by atoms with Gasteiger partial charge in [0.15, 0.2) is 0 Å². The highest BCUT2D eigenvalue weighted by Gasteiger charge is 2.04. The lowest BCUT2D eigenvalue weighted by Crippen LogP contribution is -1.93. The van der Waals surface area contributed by atoms with E-state index in [0.29, 0.717) is 5.69 Å². The second-order valence-electron chi connectivity index (χ2n) is 2.72. The Kier molecular flexibility index (Phi) is 2.43. The number of nitroso groups, excluding NO2 is 1. The van der Waals surface area contributed by atoms with Crippen LogP contribution in [0.3, 0.4) is 0 Å². The third kappa shape index (κ3) is 1.30. The molecule has 12 heavy (non-hydrogen) atoms. The van der Waals surface area contributed by atoms with Gasteiger partial charge in [-0.05, 0) is 42.3 Å². The minimum Gasteiger partial charge on any atom is -0.388 e. The summed E-state index contributed by atoms with van der Waals surface area (Å²) in [7, 11) is 1.86. The third-order valence-electron chi connectivity index (χ3n) is 2.13. The number of hydrogen-bond acceptors (Lipinski definition) is 3. The fourth-order valence-corrected chi connectivity index (χ4v) is 1.18. The van der Waals surface area contributed by atoms with Crippen molar-refractivity contribution in [1.82, 2.24) is 0 Å². The van der Waals surface area contributed by atoms with E-state index in [-0.39, 0.29) is 0 Å². The van der Waals surface area contributed by atoms with Crippen LogP contribution >= 0.6 is 0 Å². The lowest BCUT2D eigenvalue weighted by atomic mass is 10.1. The highest BCUT2D eigenvalue weighted by Crippen LogP contribution is 2.26. The van der Waals surface area contributed by atoms with Gasteiger partial charge in [0.2, 0.25) is 0 Å². The van der Waals surface area contributed by atoms with E-state index in [0.717, 1.165) is 16.8 Å². The van der Waals surface area contributed by atoms with Crippen LogP contribution < -0.4 is 5.32 Å². The van der Waals surface area contributed by atoms with Crippen LogP contribution in [0.4, 0.5) is 11.4 Å². The smallest absolute Gasteiger partial charge is 0.111 e. The molecule has 0 unspecified atom stereocenters. The summed E-state index contributed by atoms with van der Waals surface area (Å²) in [5.41, 5.74) is 3.58. The molecule has 0 fully saturated rings. The van der Waals surface area contributed by atoms with Gasteiger partial charge in [0.05, 0.1) is 0 Å². The number of hydrogen-bond donors (Lipinski definition) is 1. The van der Waals surface area contributed by atoms with Gasteiger partial charge in [-0.2, -0.15) is 0 Å². The number of nitrogens with zero attached hydrogens (tertiary/aromatic N) is 1. The molecule has 3 nitrogen and oxygen atoms in total. The third-order valence-corrected chi connectivity index (χ3v) is 2.13. The Bertz CT molecular complexity index is 308. The summed E-state index contributed by atoms with van der Waals surface area (Å²) in [4.78, 5) is 10.3. The van der Waals surface area contributed by atoms with Gasteiger partial charge in [0.1, 0.15) is 5.69 Å². The molecule has 0 atom stereocenters. The highest BCUT2D eigenvalue weighted by molar-refractivity contribution is 5.62. The van der Waals surface area contributed by atoms with E-state index in [1.54, 1.807) is 6.07 Å². The molecule has 0 radical (unpaired) electrons. The molecule has 0 spiro atoms. The Labute approximate surface area is 71.8 Å². The summed E-state index contributed by atoms with van der Waals surface area (Å²) in [6.45, 7) is 3.86. The Balaban J connectivity index is 3.29. The zero-order valence-electron chi connectivity index (χ0n) is 7.51. The van der Waals surface area contributed by atoms with Crippen LogP contribution in [0.2, 0.25) is 0 Å². The van der Waals surface area contributed by atoms with Crippen molar-refractivity contribution in [3.63, 3.8) is 0 Å². The van der Waals surface area contributed by atoms with E-state index >= 15 is 0 Å². The number of rotatable bonds is 2. The minimum atomic E-state index is 0.520. The van der Waals surface area contributed by atoms with Gasteiger partial charge in [0.25, 0.3) is 0 Å². The topological polar surface area (TPSA) is 41.5 Å². The van der Waals surface area contributed by atoms with Crippen LogP contribution in [0.1, 0.15) is 11.1 Å². The average molecular weight is 164 g/mol. The SMILES string of the molecule is CNc1ccc(N=O)c(C)c1C. The molecule has 0 amide bonds. The van der Waals surface area contributed by atoms with E-state index in [4.69, 9.17) is 0 Å². The first-order valence-electron chi connectivity index (χ1n) is 3.82. The molecule has 1 aromatic carbocycles. The quantitative estimate of drug-likeness (QED) is 0.683. The summed E-state index contributed by atoms with van der Waals surface area (Å²) >= 11 is 0. The van der Waals surface area contributed by atoms with Gasteiger partial charge in [-0.25, -0.2) is 0 Å². The predicted molar refractivity (Wildman–Crippen MR) is 50.9 cm³/mol. The van der Waals surface area contributed by atoms with E-state index in [1.807, 2.05) is 27.0 Å². The average Bonchev–Trinajstić information content (AvgIpc) is 2.10. The first kappa shape index (κ1) is 8.71. The fraction of sp³-hybridized carbons (Fsp3) is 0.333. The largest absolute Gasteiger partial charge is 0.388 e. The summed E-state index contributed by atoms with van der Waals surface area (Å²) in [5.74, 6) is 0. The Morgan fingerprint density at radius 2 is 1.92 bits per heavy atom. The molecule has 0 saturated heterocycles. The Morgan fingerprint density at radius 1 is 1.25 bits per heavy atom. The van der Waals surface area contributed by atoms with Gasteiger partial charge in [0, 0.05) is 12.7 Å². The van der Waals surface area contributed by atoms with Crippen LogP contribution in [-0.2, 0) is 0 Å². The van der Waals surface area contributed by atoms with Crippen LogP contribution in [-0.4, -0.2) is 7.05 Å². The first-order chi connectivity index (χ1) is 5.70. The second kappa shape index (κ2) is 3.34. The van der Waals surface area contributed by atoms with Crippen molar-refractivity contribution < 1.29 is 0 Å². The Hall–Kier alpha value is -1.38. The van der Waals surface area contributed by atoms with Crippen LogP contribution in [0, 0.1) is 18.8 Å². The maximum absolute atomic E-state index is 10.3. The molecular weight excluding hydrogens is 152 g/mol. The van der Waals surface area contributed by atoms with Crippen LogP contribution in [0.25, 0.3) is 0 Å². The molecule has 0 aromatic heterocycles. The maximum Gasteiger partial charge on any atom is 0.111 e. The normalized spacial score (nSPS) is 9.58. The van der Waals surface area contributed by atoms with E-state index in [2.05, 4.69) is 10.5 Å². The van der Waals surface area contributed by atoms with Gasteiger partial charge in [-0.15, -0.1) is 4.91 Å². The molecule has 64 valence electrons. The van der Waals surface area contributed by atoms with Crippen molar-refractivity contribution in [2.75, 3.05) is 12.4 Å². The van der Waals surface area contributed by atoms with Crippen LogP contribution in [0.15, 0.2) is 17.3 Å². The van der Waals surface area contributed by atoms with Crippen molar-refractivity contribution >= 4 is 11.4 Å². The molecule has 0 aliphatic rings. The molecule has 3 heteroatoms. The van der Waals surface area contributed by atoms with Crippen LogP contribution in [0.5, 0.6) is 0 Å². The molecule has 0 aliphatic heterocycles. The van der Waals surface area contributed by atoms with Crippen molar-refractivity contribution in [3.05, 3.63) is 28.2 Å². The zero-order valence-corrected chi connectivity index (χ0v) is 7.51. The van der Waals surface area contributed by atoms with E-state index in [1.165, 1.54) is 0 Å². The molecule has 0 aliphatic carbocycles. The van der Waals surface area contributed by atoms with Crippen molar-refractivity contribution in [3.8, 4) is 0 Å². The van der Waals surface area contributed by atoms with Gasteiger partial charge >= 0.3 is 0 Å². The lowest BCUT2D eigenvalue weighted by Gasteiger charge is -2.08. The van der Waals surface area contributed by atoms with Gasteiger partial charge in [-0.3, -0.25) is 0 Å². The van der Waals surface area contributed by atoms with E-state index in [9.17, 15) is 4.91 Å². The lowest BCUT2D eigenvalue weighted by molar-refractivity contribution is 1.29. The van der Waals surface area contributed by atoms with Crippen molar-refractivity contribution in [2.45, 2.75) is 13.8 Å². The second-order valence-corrected chi connectivity index (χ2v) is 2.72. The molecular formula is C9H12N2O. The molecule has 1 aromatic rings. The van der Waals surface area contributed by atoms with Gasteiger partial charge < -0.3 is 5.32 Å². The molecule has 1 rings (SSSR count). The highest BCUT2D eigenvalue weighted by atomic mass is 16.3. The molecule has 0 bridgehead atoms. The number of benzene rings is 1. The molecule has 0 saturated carbocycles. The minimum absolute atomic E-state index is 0.520. The molecule has 1 N–H and O–H groups in total. The summed E-state index contributed by atoms with van der Waals surface area (Å²) in [6, 6.07) is 3.58.